The van der Waals surface area contributed by atoms with Crippen molar-refractivity contribution in [1.29, 1.82) is 0 Å². The molecule has 0 bridgehead atoms. The molecule has 2 aromatic rings. The fourth-order valence-corrected chi connectivity index (χ4v) is 5.34. The number of amides is 2. The molecule has 0 aromatic heterocycles. The zero-order chi connectivity index (χ0) is 30.8. The van der Waals surface area contributed by atoms with Crippen LogP contribution in [0.1, 0.15) is 65.5 Å². The van der Waals surface area contributed by atoms with Crippen LogP contribution in [0.4, 0.5) is 5.69 Å². The summed E-state index contributed by atoms with van der Waals surface area (Å²) in [7, 11) is 0. The van der Waals surface area contributed by atoms with Crippen molar-refractivity contribution in [3.63, 3.8) is 0 Å². The molecule has 1 fully saturated rings. The van der Waals surface area contributed by atoms with Crippen LogP contribution in [0, 0.1) is 13.8 Å². The second-order valence-electron chi connectivity index (χ2n) is 10.2. The highest BCUT2D eigenvalue weighted by Gasteiger charge is 2.35. The first-order valence-corrected chi connectivity index (χ1v) is 14.3. The highest BCUT2D eigenvalue weighted by Crippen LogP contribution is 2.44. The summed E-state index contributed by atoms with van der Waals surface area (Å²) in [5, 5.41) is 5.24. The van der Waals surface area contributed by atoms with Crippen molar-refractivity contribution in [2.45, 2.75) is 47.5 Å². The Balaban J connectivity index is 1.89. The molecule has 2 amide bonds. The number of hydroxylamine groups is 2. The summed E-state index contributed by atoms with van der Waals surface area (Å²) in [6.07, 6.45) is -0.0930. The van der Waals surface area contributed by atoms with Gasteiger partial charge in [-0.2, -0.15) is 0 Å². The SMILES string of the molecule is CCN=c1cc2oc3cc(NCC)c(C)cc3c(-c3c(C(=O)OCC)cccc3C(=O)ON3C(=O)CCC3=O)c-2cc1C. The highest BCUT2D eigenvalue weighted by atomic mass is 16.7. The Bertz CT molecular complexity index is 1810. The van der Waals surface area contributed by atoms with E-state index >= 15 is 0 Å². The molecule has 2 aromatic carbocycles. The molecule has 3 aliphatic rings. The Labute approximate surface area is 248 Å². The van der Waals surface area contributed by atoms with Crippen molar-refractivity contribution in [3.05, 3.63) is 70.1 Å². The van der Waals surface area contributed by atoms with Crippen LogP contribution >= 0.6 is 0 Å². The Morgan fingerprint density at radius 2 is 1.63 bits per heavy atom. The maximum Gasteiger partial charge on any atom is 0.364 e. The van der Waals surface area contributed by atoms with Gasteiger partial charge in [0, 0.05) is 65.8 Å². The van der Waals surface area contributed by atoms with Gasteiger partial charge >= 0.3 is 11.9 Å². The van der Waals surface area contributed by atoms with Crippen LogP contribution in [0.2, 0.25) is 0 Å². The van der Waals surface area contributed by atoms with E-state index in [2.05, 4.69) is 10.3 Å². The molecule has 1 saturated heterocycles. The van der Waals surface area contributed by atoms with E-state index in [4.69, 9.17) is 14.0 Å². The maximum absolute atomic E-state index is 13.7. The van der Waals surface area contributed by atoms with Gasteiger partial charge in [0.1, 0.15) is 11.3 Å². The van der Waals surface area contributed by atoms with Crippen LogP contribution in [-0.2, 0) is 19.2 Å². The topological polar surface area (TPSA) is 128 Å². The van der Waals surface area contributed by atoms with Crippen LogP contribution in [0.25, 0.3) is 33.4 Å². The Morgan fingerprint density at radius 1 is 0.930 bits per heavy atom. The van der Waals surface area contributed by atoms with Gasteiger partial charge in [0.15, 0.2) is 0 Å². The lowest BCUT2D eigenvalue weighted by molar-refractivity contribution is -0.172. The first-order valence-electron chi connectivity index (χ1n) is 14.3. The number of anilines is 1. The smallest absolute Gasteiger partial charge is 0.364 e. The summed E-state index contributed by atoms with van der Waals surface area (Å²) in [4.78, 5) is 61.7. The van der Waals surface area contributed by atoms with Crippen LogP contribution < -0.4 is 10.7 Å². The maximum atomic E-state index is 13.7. The number of imide groups is 1. The molecule has 5 rings (SSSR count). The van der Waals surface area contributed by atoms with Gasteiger partial charge in [-0.15, -0.1) is 5.06 Å². The van der Waals surface area contributed by atoms with Crippen LogP contribution in [-0.4, -0.2) is 48.5 Å². The number of esters is 1. The molecule has 0 unspecified atom stereocenters. The fourth-order valence-electron chi connectivity index (χ4n) is 5.34. The molecule has 0 saturated carbocycles. The number of aryl methyl sites for hydroxylation is 2. The highest BCUT2D eigenvalue weighted by molar-refractivity contribution is 6.14. The zero-order valence-corrected chi connectivity index (χ0v) is 24.8. The van der Waals surface area contributed by atoms with Gasteiger partial charge in [-0.1, -0.05) is 6.07 Å². The normalized spacial score (nSPS) is 13.7. The summed E-state index contributed by atoms with van der Waals surface area (Å²) >= 11 is 0. The van der Waals surface area contributed by atoms with Gasteiger partial charge in [0.05, 0.1) is 23.1 Å². The van der Waals surface area contributed by atoms with Gasteiger partial charge in [0.25, 0.3) is 11.8 Å². The standard InChI is InChI=1S/C33H33N3O7/c1-6-34-24-16-26-22(14-18(24)4)31(23-15-19(5)25(35-7-2)17-27(23)42-26)30-20(32(39)41-8-3)10-9-11-21(30)33(40)43-36-28(37)12-13-29(36)38/h9-11,14-17,34H,6-8,12-13H2,1-5H3. The molecule has 2 aliphatic heterocycles. The molecule has 0 radical (unpaired) electrons. The lowest BCUT2D eigenvalue weighted by atomic mass is 9.86. The Morgan fingerprint density at radius 3 is 2.28 bits per heavy atom. The van der Waals surface area contributed by atoms with E-state index in [1.165, 1.54) is 12.1 Å². The summed E-state index contributed by atoms with van der Waals surface area (Å²) < 4.78 is 11.9. The molecule has 43 heavy (non-hydrogen) atoms. The van der Waals surface area contributed by atoms with Gasteiger partial charge in [0.2, 0.25) is 0 Å². The van der Waals surface area contributed by atoms with Crippen molar-refractivity contribution >= 4 is 40.4 Å². The third kappa shape index (κ3) is 5.48. The molecular weight excluding hydrogens is 550 g/mol. The van der Waals surface area contributed by atoms with E-state index in [9.17, 15) is 19.2 Å². The van der Waals surface area contributed by atoms with Crippen LogP contribution in [0.15, 0.2) is 51.9 Å². The molecule has 222 valence electrons. The largest absolute Gasteiger partial charge is 0.462 e. The summed E-state index contributed by atoms with van der Waals surface area (Å²) in [6.45, 7) is 10.9. The first kappa shape index (κ1) is 29.5. The summed E-state index contributed by atoms with van der Waals surface area (Å²) in [6, 6.07) is 12.2. The summed E-state index contributed by atoms with van der Waals surface area (Å²) in [5.74, 6) is -2.31. The number of hydrogen-bond acceptors (Lipinski definition) is 9. The van der Waals surface area contributed by atoms with Crippen molar-refractivity contribution in [1.82, 2.24) is 5.06 Å². The van der Waals surface area contributed by atoms with Crippen molar-refractivity contribution in [2.24, 2.45) is 4.99 Å². The molecule has 1 N–H and O–H groups in total. The van der Waals surface area contributed by atoms with Gasteiger partial charge in [-0.25, -0.2) is 9.59 Å². The van der Waals surface area contributed by atoms with Crippen LogP contribution in [0.3, 0.4) is 0 Å². The number of nitrogens with zero attached hydrogens (tertiary/aromatic N) is 2. The first-order chi connectivity index (χ1) is 20.7. The minimum Gasteiger partial charge on any atom is -0.462 e. The molecular formula is C33H33N3O7. The number of hydrogen-bond donors (Lipinski definition) is 1. The third-order valence-electron chi connectivity index (χ3n) is 7.29. The minimum absolute atomic E-state index is 0.0137. The quantitative estimate of drug-likeness (QED) is 0.162. The number of benzene rings is 3. The molecule has 0 atom stereocenters. The molecule has 0 spiro atoms. The Kier molecular flexibility index (Phi) is 8.29. The predicted octanol–water partition coefficient (Wildman–Crippen LogP) is 5.57. The van der Waals surface area contributed by atoms with Gasteiger partial charge in [-0.3, -0.25) is 14.6 Å². The van der Waals surface area contributed by atoms with Gasteiger partial charge < -0.3 is 19.3 Å². The molecule has 1 aliphatic carbocycles. The van der Waals surface area contributed by atoms with Crippen molar-refractivity contribution < 1.29 is 33.2 Å². The number of nitrogens with one attached hydrogen (secondary N) is 1. The van der Waals surface area contributed by atoms with E-state index < -0.39 is 23.8 Å². The lowest BCUT2D eigenvalue weighted by Gasteiger charge is -2.22. The minimum atomic E-state index is -0.956. The molecule has 2 heterocycles. The molecule has 10 nitrogen and oxygen atoms in total. The number of carbonyl (C=O) groups is 4. The number of rotatable bonds is 8. The van der Waals surface area contributed by atoms with E-state index in [-0.39, 0.29) is 36.1 Å². The van der Waals surface area contributed by atoms with Crippen molar-refractivity contribution in [2.75, 3.05) is 25.0 Å². The average Bonchev–Trinajstić information content (AvgIpc) is 3.29. The monoisotopic (exact) mass is 583 g/mol. The second-order valence-corrected chi connectivity index (χ2v) is 10.2. The number of carbonyl (C=O) groups excluding carboxylic acids is 4. The number of ether oxygens (including phenoxy) is 1. The van der Waals surface area contributed by atoms with Gasteiger partial charge in [-0.05, 0) is 70.0 Å². The lowest BCUT2D eigenvalue weighted by Crippen LogP contribution is -2.32. The molecule has 10 heteroatoms. The number of fused-ring (bicyclic) bond motifs is 2. The predicted molar refractivity (Wildman–Crippen MR) is 160 cm³/mol. The van der Waals surface area contributed by atoms with E-state index in [1.54, 1.807) is 13.0 Å². The fraction of sp³-hybridized carbons (Fsp3) is 0.303. The van der Waals surface area contributed by atoms with E-state index in [0.717, 1.165) is 22.2 Å². The third-order valence-corrected chi connectivity index (χ3v) is 7.29. The average molecular weight is 584 g/mol. The summed E-state index contributed by atoms with van der Waals surface area (Å²) in [5.41, 5.74) is 4.71. The van der Waals surface area contributed by atoms with Crippen LogP contribution in [0.5, 0.6) is 0 Å². The zero-order valence-electron chi connectivity index (χ0n) is 24.8. The Hall–Kier alpha value is -4.99. The van der Waals surface area contributed by atoms with Crippen molar-refractivity contribution in [3.8, 4) is 22.5 Å². The second kappa shape index (κ2) is 12.1. The van der Waals surface area contributed by atoms with E-state index in [1.807, 2.05) is 52.0 Å². The van der Waals surface area contributed by atoms with E-state index in [0.29, 0.717) is 46.0 Å².